The summed E-state index contributed by atoms with van der Waals surface area (Å²) in [5.74, 6) is 0.378. The normalized spacial score (nSPS) is 10.1. The summed E-state index contributed by atoms with van der Waals surface area (Å²) in [6.45, 7) is 3.94. The van der Waals surface area contributed by atoms with Crippen LogP contribution in [0.1, 0.15) is 21.5 Å². The summed E-state index contributed by atoms with van der Waals surface area (Å²) in [5.41, 5.74) is 3.43. The number of methoxy groups -OCH3 is 1. The molecule has 0 spiro atoms. The Morgan fingerprint density at radius 3 is 2.37 bits per heavy atom. The van der Waals surface area contributed by atoms with Crippen LogP contribution < -0.4 is 10.1 Å². The maximum atomic E-state index is 12.1. The number of ether oxygens (including phenoxy) is 1. The Hall–Kier alpha value is -2.36. The second-order valence-corrected chi connectivity index (χ2v) is 4.42. The number of hydrogen-bond acceptors (Lipinski definition) is 3. The Morgan fingerprint density at radius 1 is 1.16 bits per heavy atom. The van der Waals surface area contributed by atoms with Crippen molar-refractivity contribution in [2.24, 2.45) is 0 Å². The molecule has 0 aliphatic heterocycles. The number of pyridine rings is 1. The van der Waals surface area contributed by atoms with Gasteiger partial charge in [-0.15, -0.1) is 0 Å². The fourth-order valence-corrected chi connectivity index (χ4v) is 1.88. The zero-order valence-corrected chi connectivity index (χ0v) is 11.2. The molecule has 0 atom stereocenters. The number of nitrogens with one attached hydrogen (secondary N) is 1. The van der Waals surface area contributed by atoms with E-state index in [1.165, 1.54) is 0 Å². The molecule has 0 aliphatic rings. The number of hydrogen-bond donors (Lipinski definition) is 1. The second-order valence-electron chi connectivity index (χ2n) is 4.42. The predicted octanol–water partition coefficient (Wildman–Crippen LogP) is 2.96. The third-order valence-electron chi connectivity index (χ3n) is 2.69. The van der Waals surface area contributed by atoms with E-state index in [2.05, 4.69) is 10.3 Å². The Bertz CT molecular complexity index is 571. The van der Waals surface area contributed by atoms with E-state index >= 15 is 0 Å². The summed E-state index contributed by atoms with van der Waals surface area (Å²) in [7, 11) is 1.55. The monoisotopic (exact) mass is 256 g/mol. The molecule has 1 aromatic carbocycles. The van der Waals surface area contributed by atoms with Crippen molar-refractivity contribution in [1.29, 1.82) is 0 Å². The van der Waals surface area contributed by atoms with Gasteiger partial charge in [-0.25, -0.2) is 4.98 Å². The van der Waals surface area contributed by atoms with Gasteiger partial charge >= 0.3 is 0 Å². The van der Waals surface area contributed by atoms with Gasteiger partial charge in [0.1, 0.15) is 0 Å². The average molecular weight is 256 g/mol. The lowest BCUT2D eigenvalue weighted by atomic mass is 10.1. The minimum Gasteiger partial charge on any atom is -0.481 e. The number of aryl methyl sites for hydroxylation is 2. The largest absolute Gasteiger partial charge is 0.481 e. The summed E-state index contributed by atoms with van der Waals surface area (Å²) in [4.78, 5) is 16.1. The standard InChI is InChI=1S/C15H16N2O2/c1-10-6-11(2)8-12(7-10)15(18)17-13-4-5-14(19-3)16-9-13/h4-9H,1-3H3,(H,17,18). The van der Waals surface area contributed by atoms with Crippen LogP contribution in [-0.4, -0.2) is 18.0 Å². The third kappa shape index (κ3) is 3.31. The Morgan fingerprint density at radius 2 is 1.84 bits per heavy atom. The SMILES string of the molecule is COc1ccc(NC(=O)c2cc(C)cc(C)c2)cn1. The molecule has 0 saturated carbocycles. The van der Waals surface area contributed by atoms with Crippen molar-refractivity contribution in [2.45, 2.75) is 13.8 Å². The van der Waals surface area contributed by atoms with Crippen LogP contribution in [0.5, 0.6) is 5.88 Å². The van der Waals surface area contributed by atoms with Crippen molar-refractivity contribution in [1.82, 2.24) is 4.98 Å². The Balaban J connectivity index is 2.15. The van der Waals surface area contributed by atoms with Crippen molar-refractivity contribution < 1.29 is 9.53 Å². The van der Waals surface area contributed by atoms with Crippen LogP contribution in [0, 0.1) is 13.8 Å². The first-order valence-electron chi connectivity index (χ1n) is 5.98. The van der Waals surface area contributed by atoms with Crippen LogP contribution in [0.25, 0.3) is 0 Å². The summed E-state index contributed by atoms with van der Waals surface area (Å²) in [6, 6.07) is 9.22. The zero-order valence-electron chi connectivity index (χ0n) is 11.2. The van der Waals surface area contributed by atoms with Gasteiger partial charge in [-0.05, 0) is 32.0 Å². The first kappa shape index (κ1) is 13.1. The first-order valence-corrected chi connectivity index (χ1v) is 5.98. The van der Waals surface area contributed by atoms with E-state index < -0.39 is 0 Å². The van der Waals surface area contributed by atoms with Gasteiger partial charge < -0.3 is 10.1 Å². The van der Waals surface area contributed by atoms with Gasteiger partial charge in [-0.1, -0.05) is 17.2 Å². The van der Waals surface area contributed by atoms with Crippen molar-refractivity contribution in [3.63, 3.8) is 0 Å². The molecule has 19 heavy (non-hydrogen) atoms. The molecule has 4 heteroatoms. The summed E-state index contributed by atoms with van der Waals surface area (Å²) >= 11 is 0. The van der Waals surface area contributed by atoms with Crippen LogP contribution in [-0.2, 0) is 0 Å². The molecular weight excluding hydrogens is 240 g/mol. The number of amides is 1. The van der Waals surface area contributed by atoms with Gasteiger partial charge in [0, 0.05) is 11.6 Å². The van der Waals surface area contributed by atoms with Crippen molar-refractivity contribution in [2.75, 3.05) is 12.4 Å². The maximum Gasteiger partial charge on any atom is 0.255 e. The molecular formula is C15H16N2O2. The van der Waals surface area contributed by atoms with Crippen molar-refractivity contribution >= 4 is 11.6 Å². The quantitative estimate of drug-likeness (QED) is 0.918. The molecule has 0 aliphatic carbocycles. The van der Waals surface area contributed by atoms with E-state index in [1.807, 2.05) is 32.0 Å². The number of anilines is 1. The number of rotatable bonds is 3. The number of benzene rings is 1. The lowest BCUT2D eigenvalue weighted by Crippen LogP contribution is -2.12. The summed E-state index contributed by atoms with van der Waals surface area (Å²) < 4.78 is 4.97. The van der Waals surface area contributed by atoms with Crippen molar-refractivity contribution in [3.8, 4) is 5.88 Å². The van der Waals surface area contributed by atoms with Gasteiger partial charge in [-0.3, -0.25) is 4.79 Å². The molecule has 1 N–H and O–H groups in total. The molecule has 0 radical (unpaired) electrons. The molecule has 0 fully saturated rings. The van der Waals surface area contributed by atoms with Crippen molar-refractivity contribution in [3.05, 3.63) is 53.2 Å². The topological polar surface area (TPSA) is 51.2 Å². The fraction of sp³-hybridized carbons (Fsp3) is 0.200. The Kier molecular flexibility index (Phi) is 3.80. The van der Waals surface area contributed by atoms with Crippen LogP contribution in [0.2, 0.25) is 0 Å². The maximum absolute atomic E-state index is 12.1. The van der Waals surface area contributed by atoms with Gasteiger partial charge in [0.25, 0.3) is 5.91 Å². The average Bonchev–Trinajstić information content (AvgIpc) is 2.38. The van der Waals surface area contributed by atoms with Gasteiger partial charge in [0.05, 0.1) is 19.0 Å². The van der Waals surface area contributed by atoms with E-state index in [4.69, 9.17) is 4.74 Å². The minimum absolute atomic E-state index is 0.140. The molecule has 4 nitrogen and oxygen atoms in total. The van der Waals surface area contributed by atoms with Gasteiger partial charge in [-0.2, -0.15) is 0 Å². The number of carbonyl (C=O) groups excluding carboxylic acids is 1. The molecule has 0 unspecified atom stereocenters. The molecule has 2 rings (SSSR count). The van der Waals surface area contributed by atoms with Gasteiger partial charge in [0.2, 0.25) is 5.88 Å². The highest BCUT2D eigenvalue weighted by Crippen LogP contribution is 2.14. The zero-order chi connectivity index (χ0) is 13.8. The summed E-state index contributed by atoms with van der Waals surface area (Å²) in [5, 5.41) is 2.81. The highest BCUT2D eigenvalue weighted by Gasteiger charge is 2.07. The second kappa shape index (κ2) is 5.52. The lowest BCUT2D eigenvalue weighted by molar-refractivity contribution is 0.102. The highest BCUT2D eigenvalue weighted by molar-refractivity contribution is 6.04. The van der Waals surface area contributed by atoms with E-state index in [0.717, 1.165) is 11.1 Å². The first-order chi connectivity index (χ1) is 9.08. The number of nitrogens with zero attached hydrogens (tertiary/aromatic N) is 1. The molecule has 98 valence electrons. The highest BCUT2D eigenvalue weighted by atomic mass is 16.5. The van der Waals surface area contributed by atoms with Gasteiger partial charge in [0.15, 0.2) is 0 Å². The number of aromatic nitrogens is 1. The van der Waals surface area contributed by atoms with Crippen LogP contribution >= 0.6 is 0 Å². The molecule has 0 saturated heterocycles. The molecule has 2 aromatic rings. The molecule has 1 heterocycles. The third-order valence-corrected chi connectivity index (χ3v) is 2.69. The Labute approximate surface area is 112 Å². The molecule has 1 amide bonds. The lowest BCUT2D eigenvalue weighted by Gasteiger charge is -2.07. The van der Waals surface area contributed by atoms with E-state index in [9.17, 15) is 4.79 Å². The smallest absolute Gasteiger partial charge is 0.255 e. The fourth-order valence-electron chi connectivity index (χ4n) is 1.88. The van der Waals surface area contributed by atoms with Crippen LogP contribution in [0.15, 0.2) is 36.5 Å². The van der Waals surface area contributed by atoms with E-state index in [0.29, 0.717) is 17.1 Å². The number of carbonyl (C=O) groups is 1. The van der Waals surface area contributed by atoms with E-state index in [1.54, 1.807) is 25.4 Å². The van der Waals surface area contributed by atoms with E-state index in [-0.39, 0.29) is 5.91 Å². The molecule has 1 aromatic heterocycles. The predicted molar refractivity (Wildman–Crippen MR) is 74.7 cm³/mol. The van der Waals surface area contributed by atoms with Crippen LogP contribution in [0.3, 0.4) is 0 Å². The molecule has 0 bridgehead atoms. The summed E-state index contributed by atoms with van der Waals surface area (Å²) in [6.07, 6.45) is 1.57. The van der Waals surface area contributed by atoms with Crippen LogP contribution in [0.4, 0.5) is 5.69 Å². The minimum atomic E-state index is -0.140.